The largest absolute Gasteiger partial charge is 0.380 e. The van der Waals surface area contributed by atoms with Crippen molar-refractivity contribution in [1.82, 2.24) is 0 Å². The second-order valence-electron chi connectivity index (χ2n) is 5.01. The first kappa shape index (κ1) is 13.5. The van der Waals surface area contributed by atoms with E-state index in [0.717, 1.165) is 0 Å². The summed E-state index contributed by atoms with van der Waals surface area (Å²) in [6.07, 6.45) is 4.62. The van der Waals surface area contributed by atoms with Gasteiger partial charge in [-0.15, -0.1) is 0 Å². The molecule has 3 heteroatoms. The average molecular weight is 277 g/mol. The molecular weight excluding hydrogens is 262 g/mol. The standard InChI is InChI=1S/C18H15NO2/c20-17(14-7-3-1-4-8-14)16-13-19-12-11-18(16,21)15-9-5-2-6-10-15/h1-13,16,21H. The van der Waals surface area contributed by atoms with Gasteiger partial charge >= 0.3 is 0 Å². The van der Waals surface area contributed by atoms with E-state index in [1.165, 1.54) is 12.4 Å². The zero-order valence-electron chi connectivity index (χ0n) is 11.4. The molecule has 0 bridgehead atoms. The zero-order chi connectivity index (χ0) is 14.7. The van der Waals surface area contributed by atoms with Crippen molar-refractivity contribution in [1.29, 1.82) is 0 Å². The number of carbonyl (C=O) groups excluding carboxylic acids is 1. The molecule has 2 unspecified atom stereocenters. The average Bonchev–Trinajstić information content (AvgIpc) is 2.56. The number of ketones is 1. The molecule has 1 heterocycles. The Kier molecular flexibility index (Phi) is 3.50. The summed E-state index contributed by atoms with van der Waals surface area (Å²) in [5.74, 6) is -0.873. The molecule has 0 saturated heterocycles. The van der Waals surface area contributed by atoms with Gasteiger partial charge in [-0.3, -0.25) is 9.79 Å². The minimum atomic E-state index is -1.37. The Morgan fingerprint density at radius 1 is 1.00 bits per heavy atom. The Bertz CT molecular complexity index is 692. The van der Waals surface area contributed by atoms with Crippen molar-refractivity contribution in [2.75, 3.05) is 0 Å². The number of nitrogens with zero attached hydrogens (tertiary/aromatic N) is 1. The highest BCUT2D eigenvalue weighted by Gasteiger charge is 2.41. The molecule has 3 nitrogen and oxygen atoms in total. The molecule has 0 fully saturated rings. The third-order valence-electron chi connectivity index (χ3n) is 3.70. The van der Waals surface area contributed by atoms with Crippen LogP contribution in [0.2, 0.25) is 0 Å². The molecule has 1 N–H and O–H groups in total. The van der Waals surface area contributed by atoms with Crippen molar-refractivity contribution in [3.8, 4) is 0 Å². The molecule has 2 atom stereocenters. The third kappa shape index (κ3) is 2.43. The van der Waals surface area contributed by atoms with Crippen LogP contribution in [0.25, 0.3) is 0 Å². The maximum absolute atomic E-state index is 12.7. The van der Waals surface area contributed by atoms with E-state index < -0.39 is 11.5 Å². The maximum atomic E-state index is 12.7. The lowest BCUT2D eigenvalue weighted by atomic mass is 9.77. The van der Waals surface area contributed by atoms with Gasteiger partial charge in [0.25, 0.3) is 0 Å². The van der Waals surface area contributed by atoms with Crippen LogP contribution in [0.4, 0.5) is 0 Å². The van der Waals surface area contributed by atoms with Crippen molar-refractivity contribution in [3.63, 3.8) is 0 Å². The highest BCUT2D eigenvalue weighted by Crippen LogP contribution is 2.34. The van der Waals surface area contributed by atoms with E-state index in [1.54, 1.807) is 18.2 Å². The molecule has 1 aliphatic rings. The molecule has 0 aliphatic carbocycles. The smallest absolute Gasteiger partial charge is 0.174 e. The molecule has 104 valence electrons. The molecular formula is C18H15NO2. The van der Waals surface area contributed by atoms with Crippen molar-refractivity contribution in [2.24, 2.45) is 10.9 Å². The minimum Gasteiger partial charge on any atom is -0.380 e. The summed E-state index contributed by atoms with van der Waals surface area (Å²) < 4.78 is 0. The number of aliphatic imine (C=N–C) groups is 1. The first-order chi connectivity index (χ1) is 10.2. The van der Waals surface area contributed by atoms with Crippen molar-refractivity contribution in [2.45, 2.75) is 5.60 Å². The molecule has 0 radical (unpaired) electrons. The Hall–Kier alpha value is -2.52. The number of Topliss-reactive ketones (excluding diaryl/α,β-unsaturated/α-hetero) is 1. The summed E-state index contributed by atoms with van der Waals surface area (Å²) >= 11 is 0. The lowest BCUT2D eigenvalue weighted by Gasteiger charge is -2.32. The predicted molar refractivity (Wildman–Crippen MR) is 82.2 cm³/mol. The summed E-state index contributed by atoms with van der Waals surface area (Å²) in [7, 11) is 0. The molecule has 0 spiro atoms. The van der Waals surface area contributed by atoms with Gasteiger partial charge in [0.05, 0.1) is 5.92 Å². The first-order valence-corrected chi connectivity index (χ1v) is 6.80. The van der Waals surface area contributed by atoms with Crippen LogP contribution in [0.3, 0.4) is 0 Å². The first-order valence-electron chi connectivity index (χ1n) is 6.80. The SMILES string of the molecule is O=C(c1ccccc1)C1C=NC=CC1(O)c1ccccc1. The second-order valence-corrected chi connectivity index (χ2v) is 5.01. The third-order valence-corrected chi connectivity index (χ3v) is 3.70. The van der Waals surface area contributed by atoms with Crippen molar-refractivity contribution < 1.29 is 9.90 Å². The maximum Gasteiger partial charge on any atom is 0.174 e. The Morgan fingerprint density at radius 2 is 1.62 bits per heavy atom. The van der Waals surface area contributed by atoms with Gasteiger partial charge in [-0.25, -0.2) is 0 Å². The lowest BCUT2D eigenvalue weighted by molar-refractivity contribution is 0.0448. The molecule has 2 aromatic rings. The van der Waals surface area contributed by atoms with Gasteiger partial charge in [0.15, 0.2) is 5.78 Å². The normalized spacial score (nSPS) is 24.0. The van der Waals surface area contributed by atoms with E-state index in [4.69, 9.17) is 0 Å². The lowest BCUT2D eigenvalue weighted by Crippen LogP contribution is -2.40. The van der Waals surface area contributed by atoms with E-state index in [9.17, 15) is 9.90 Å². The van der Waals surface area contributed by atoms with Crippen LogP contribution >= 0.6 is 0 Å². The monoisotopic (exact) mass is 277 g/mol. The number of hydrogen-bond acceptors (Lipinski definition) is 3. The summed E-state index contributed by atoms with van der Waals surface area (Å²) in [6, 6.07) is 18.2. The summed E-state index contributed by atoms with van der Waals surface area (Å²) in [5.41, 5.74) is -0.115. The quantitative estimate of drug-likeness (QED) is 0.877. The van der Waals surface area contributed by atoms with Gasteiger partial charge in [-0.05, 0) is 11.6 Å². The van der Waals surface area contributed by atoms with Gasteiger partial charge in [-0.1, -0.05) is 60.7 Å². The van der Waals surface area contributed by atoms with Crippen LogP contribution < -0.4 is 0 Å². The van der Waals surface area contributed by atoms with Gasteiger partial charge in [0.2, 0.25) is 0 Å². The highest BCUT2D eigenvalue weighted by atomic mass is 16.3. The van der Waals surface area contributed by atoms with Crippen LogP contribution in [0.5, 0.6) is 0 Å². The van der Waals surface area contributed by atoms with Crippen LogP contribution in [-0.2, 0) is 5.60 Å². The molecule has 0 amide bonds. The molecule has 0 aromatic heterocycles. The molecule has 3 rings (SSSR count). The topological polar surface area (TPSA) is 49.7 Å². The van der Waals surface area contributed by atoms with Gasteiger partial charge in [0, 0.05) is 18.0 Å². The molecule has 0 saturated carbocycles. The predicted octanol–water partition coefficient (Wildman–Crippen LogP) is 2.97. The van der Waals surface area contributed by atoms with Crippen molar-refractivity contribution in [3.05, 3.63) is 84.1 Å². The van der Waals surface area contributed by atoms with E-state index in [0.29, 0.717) is 11.1 Å². The highest BCUT2D eigenvalue weighted by molar-refractivity contribution is 6.07. The Morgan fingerprint density at radius 3 is 2.29 bits per heavy atom. The van der Waals surface area contributed by atoms with Crippen LogP contribution in [0, 0.1) is 5.92 Å². The number of hydrogen-bond donors (Lipinski definition) is 1. The van der Waals surface area contributed by atoms with Gasteiger partial charge in [0.1, 0.15) is 5.60 Å². The van der Waals surface area contributed by atoms with Gasteiger partial charge < -0.3 is 5.11 Å². The number of rotatable bonds is 3. The summed E-state index contributed by atoms with van der Waals surface area (Å²) in [4.78, 5) is 16.7. The second kappa shape index (κ2) is 5.46. The summed E-state index contributed by atoms with van der Waals surface area (Å²) in [5, 5.41) is 11.0. The van der Waals surface area contributed by atoms with E-state index in [-0.39, 0.29) is 5.78 Å². The number of carbonyl (C=O) groups is 1. The summed E-state index contributed by atoms with van der Waals surface area (Å²) in [6.45, 7) is 0. The molecule has 2 aromatic carbocycles. The number of aliphatic hydroxyl groups is 1. The fraction of sp³-hybridized carbons (Fsp3) is 0.111. The van der Waals surface area contributed by atoms with E-state index in [1.807, 2.05) is 48.5 Å². The minimum absolute atomic E-state index is 0.143. The molecule has 21 heavy (non-hydrogen) atoms. The Balaban J connectivity index is 2.02. The fourth-order valence-electron chi connectivity index (χ4n) is 2.54. The van der Waals surface area contributed by atoms with E-state index >= 15 is 0 Å². The van der Waals surface area contributed by atoms with Crippen LogP contribution in [0.1, 0.15) is 15.9 Å². The number of benzene rings is 2. The van der Waals surface area contributed by atoms with Crippen LogP contribution in [-0.4, -0.2) is 17.1 Å². The van der Waals surface area contributed by atoms with E-state index in [2.05, 4.69) is 4.99 Å². The van der Waals surface area contributed by atoms with Gasteiger partial charge in [-0.2, -0.15) is 0 Å². The molecule has 1 aliphatic heterocycles. The zero-order valence-corrected chi connectivity index (χ0v) is 11.4. The van der Waals surface area contributed by atoms with Crippen LogP contribution in [0.15, 0.2) is 77.9 Å². The fourth-order valence-corrected chi connectivity index (χ4v) is 2.54. The Labute approximate surface area is 123 Å². The van der Waals surface area contributed by atoms with Crippen molar-refractivity contribution >= 4 is 12.0 Å².